The van der Waals surface area contributed by atoms with Crippen LogP contribution in [0.1, 0.15) is 28.2 Å². The van der Waals surface area contributed by atoms with Crippen molar-refractivity contribution in [3.63, 3.8) is 0 Å². The lowest BCUT2D eigenvalue weighted by Gasteiger charge is -2.19. The molecule has 1 heterocycles. The maximum Gasteiger partial charge on any atom is 0.118 e. The molecule has 0 radical (unpaired) electrons. The van der Waals surface area contributed by atoms with Crippen molar-refractivity contribution in [1.82, 2.24) is 4.57 Å². The van der Waals surface area contributed by atoms with E-state index in [0.29, 0.717) is 5.56 Å². The van der Waals surface area contributed by atoms with Gasteiger partial charge in [0.15, 0.2) is 0 Å². The van der Waals surface area contributed by atoms with Crippen LogP contribution in [0.3, 0.4) is 0 Å². The van der Waals surface area contributed by atoms with Crippen molar-refractivity contribution >= 4 is 10.9 Å². The van der Waals surface area contributed by atoms with Crippen molar-refractivity contribution in [1.29, 1.82) is 5.26 Å². The predicted molar refractivity (Wildman–Crippen MR) is 115 cm³/mol. The van der Waals surface area contributed by atoms with Gasteiger partial charge in [-0.25, -0.2) is 0 Å². The standard InChI is InChI=1S/C25H22N2O2/c1-27-16-23(22-14-17(15-26)4-13-24(22)27)25(18-5-9-20(28-2)10-6-18)19-7-11-21(29-3)12-8-19/h4-14,16,25H,1-3H3. The van der Waals surface area contributed by atoms with Crippen molar-refractivity contribution < 1.29 is 9.47 Å². The summed E-state index contributed by atoms with van der Waals surface area (Å²) in [6, 6.07) is 24.4. The molecule has 0 atom stereocenters. The molecule has 0 aliphatic rings. The number of hydrogen-bond acceptors (Lipinski definition) is 3. The van der Waals surface area contributed by atoms with Gasteiger partial charge in [-0.1, -0.05) is 24.3 Å². The van der Waals surface area contributed by atoms with E-state index in [9.17, 15) is 5.26 Å². The molecule has 3 aromatic carbocycles. The highest BCUT2D eigenvalue weighted by Gasteiger charge is 2.22. The number of aryl methyl sites for hydroxylation is 1. The fourth-order valence-corrected chi connectivity index (χ4v) is 3.87. The number of nitrogens with zero attached hydrogens (tertiary/aromatic N) is 2. The minimum Gasteiger partial charge on any atom is -0.497 e. The quantitative estimate of drug-likeness (QED) is 0.474. The molecular formula is C25H22N2O2. The van der Waals surface area contributed by atoms with Crippen molar-refractivity contribution in [3.05, 3.63) is 95.2 Å². The molecule has 4 aromatic rings. The van der Waals surface area contributed by atoms with Gasteiger partial charge in [0.25, 0.3) is 0 Å². The zero-order valence-electron chi connectivity index (χ0n) is 16.7. The zero-order chi connectivity index (χ0) is 20.4. The molecule has 4 nitrogen and oxygen atoms in total. The van der Waals surface area contributed by atoms with Crippen LogP contribution in [-0.4, -0.2) is 18.8 Å². The molecule has 0 unspecified atom stereocenters. The van der Waals surface area contributed by atoms with E-state index >= 15 is 0 Å². The normalized spacial score (nSPS) is 10.9. The summed E-state index contributed by atoms with van der Waals surface area (Å²) >= 11 is 0. The Hall–Kier alpha value is -3.71. The lowest BCUT2D eigenvalue weighted by molar-refractivity contribution is 0.414. The Balaban J connectivity index is 1.94. The van der Waals surface area contributed by atoms with Crippen molar-refractivity contribution in [2.75, 3.05) is 14.2 Å². The van der Waals surface area contributed by atoms with Crippen LogP contribution in [0.2, 0.25) is 0 Å². The summed E-state index contributed by atoms with van der Waals surface area (Å²) in [5.74, 6) is 1.67. The summed E-state index contributed by atoms with van der Waals surface area (Å²) in [5.41, 5.74) is 5.24. The summed E-state index contributed by atoms with van der Waals surface area (Å²) < 4.78 is 12.8. The fourth-order valence-electron chi connectivity index (χ4n) is 3.87. The number of methoxy groups -OCH3 is 2. The van der Waals surface area contributed by atoms with E-state index in [1.165, 1.54) is 0 Å². The summed E-state index contributed by atoms with van der Waals surface area (Å²) in [5, 5.41) is 10.5. The first kappa shape index (κ1) is 18.6. The highest BCUT2D eigenvalue weighted by atomic mass is 16.5. The number of fused-ring (bicyclic) bond motifs is 1. The molecule has 0 spiro atoms. The molecule has 0 N–H and O–H groups in total. The SMILES string of the molecule is COc1ccc(C(c2ccc(OC)cc2)c2cn(C)c3ccc(C#N)cc23)cc1. The van der Waals surface area contributed by atoms with Gasteiger partial charge in [0.1, 0.15) is 11.5 Å². The third-order valence-electron chi connectivity index (χ3n) is 5.36. The molecule has 0 amide bonds. The topological polar surface area (TPSA) is 47.2 Å². The first-order valence-electron chi connectivity index (χ1n) is 9.41. The second-order valence-electron chi connectivity index (χ2n) is 7.02. The average Bonchev–Trinajstić information content (AvgIpc) is 3.10. The Morgan fingerprint density at radius 2 is 1.38 bits per heavy atom. The Bertz CT molecular complexity index is 1140. The van der Waals surface area contributed by atoms with E-state index in [0.717, 1.165) is 39.1 Å². The average molecular weight is 382 g/mol. The first-order valence-corrected chi connectivity index (χ1v) is 9.41. The molecule has 0 bridgehead atoms. The van der Waals surface area contributed by atoms with Gasteiger partial charge >= 0.3 is 0 Å². The minimum atomic E-state index is 0.0180. The maximum absolute atomic E-state index is 9.40. The Labute approximate surface area is 170 Å². The summed E-state index contributed by atoms with van der Waals surface area (Å²) in [6.45, 7) is 0. The van der Waals surface area contributed by atoms with Gasteiger partial charge in [0, 0.05) is 30.1 Å². The number of rotatable bonds is 5. The monoisotopic (exact) mass is 382 g/mol. The summed E-state index contributed by atoms with van der Waals surface area (Å²) in [6.07, 6.45) is 2.16. The van der Waals surface area contributed by atoms with Gasteiger partial charge in [-0.05, 0) is 59.2 Å². The van der Waals surface area contributed by atoms with Crippen LogP contribution in [0.15, 0.2) is 72.9 Å². The number of aromatic nitrogens is 1. The van der Waals surface area contributed by atoms with E-state index in [1.54, 1.807) is 14.2 Å². The van der Waals surface area contributed by atoms with Gasteiger partial charge in [-0.2, -0.15) is 5.26 Å². The first-order chi connectivity index (χ1) is 14.1. The second kappa shape index (κ2) is 7.73. The molecule has 29 heavy (non-hydrogen) atoms. The molecule has 144 valence electrons. The van der Waals surface area contributed by atoms with E-state index in [-0.39, 0.29) is 5.92 Å². The molecule has 0 saturated heterocycles. The van der Waals surface area contributed by atoms with Gasteiger partial charge in [0.05, 0.1) is 25.9 Å². The smallest absolute Gasteiger partial charge is 0.118 e. The predicted octanol–water partition coefficient (Wildman–Crippen LogP) is 5.25. The Morgan fingerprint density at radius 3 is 1.86 bits per heavy atom. The number of benzene rings is 3. The van der Waals surface area contributed by atoms with Gasteiger partial charge in [-0.3, -0.25) is 0 Å². The highest BCUT2D eigenvalue weighted by molar-refractivity contribution is 5.87. The van der Waals surface area contributed by atoms with Crippen LogP contribution >= 0.6 is 0 Å². The van der Waals surface area contributed by atoms with E-state index in [2.05, 4.69) is 41.1 Å². The van der Waals surface area contributed by atoms with E-state index in [4.69, 9.17) is 9.47 Å². The van der Waals surface area contributed by atoms with Gasteiger partial charge in [0.2, 0.25) is 0 Å². The van der Waals surface area contributed by atoms with Crippen LogP contribution in [0.25, 0.3) is 10.9 Å². The van der Waals surface area contributed by atoms with Crippen LogP contribution in [0.5, 0.6) is 11.5 Å². The molecule has 0 saturated carbocycles. The zero-order valence-corrected chi connectivity index (χ0v) is 16.7. The van der Waals surface area contributed by atoms with Gasteiger partial charge < -0.3 is 14.0 Å². The van der Waals surface area contributed by atoms with Crippen LogP contribution in [0, 0.1) is 11.3 Å². The number of ether oxygens (including phenoxy) is 2. The molecule has 1 aromatic heterocycles. The van der Waals surface area contributed by atoms with E-state index < -0.39 is 0 Å². The number of nitriles is 1. The lowest BCUT2D eigenvalue weighted by Crippen LogP contribution is -2.03. The third-order valence-corrected chi connectivity index (χ3v) is 5.36. The molecule has 4 rings (SSSR count). The molecule has 0 aliphatic carbocycles. The van der Waals surface area contributed by atoms with Crippen LogP contribution in [-0.2, 0) is 7.05 Å². The molecular weight excluding hydrogens is 360 g/mol. The van der Waals surface area contributed by atoms with Gasteiger partial charge in [-0.15, -0.1) is 0 Å². The summed E-state index contributed by atoms with van der Waals surface area (Å²) in [7, 11) is 5.38. The Morgan fingerprint density at radius 1 is 0.828 bits per heavy atom. The number of hydrogen-bond donors (Lipinski definition) is 0. The largest absolute Gasteiger partial charge is 0.497 e. The van der Waals surface area contributed by atoms with Crippen LogP contribution in [0.4, 0.5) is 0 Å². The minimum absolute atomic E-state index is 0.0180. The fraction of sp³-hybridized carbons (Fsp3) is 0.160. The molecule has 4 heteroatoms. The van der Waals surface area contributed by atoms with Crippen LogP contribution < -0.4 is 9.47 Å². The molecule has 0 fully saturated rings. The highest BCUT2D eigenvalue weighted by Crippen LogP contribution is 2.38. The summed E-state index contributed by atoms with van der Waals surface area (Å²) in [4.78, 5) is 0. The second-order valence-corrected chi connectivity index (χ2v) is 7.02. The third kappa shape index (κ3) is 3.43. The molecule has 0 aliphatic heterocycles. The van der Waals surface area contributed by atoms with Crippen molar-refractivity contribution in [3.8, 4) is 17.6 Å². The van der Waals surface area contributed by atoms with Crippen molar-refractivity contribution in [2.45, 2.75) is 5.92 Å². The maximum atomic E-state index is 9.40. The van der Waals surface area contributed by atoms with Crippen molar-refractivity contribution in [2.24, 2.45) is 7.05 Å². The Kier molecular flexibility index (Phi) is 4.97. The van der Waals surface area contributed by atoms with E-state index in [1.807, 2.05) is 49.5 Å². The lowest BCUT2D eigenvalue weighted by atomic mass is 9.85.